The highest BCUT2D eigenvalue weighted by molar-refractivity contribution is 6.30. The minimum atomic E-state index is 0.477. The number of aromatic nitrogens is 2. The normalized spacial score (nSPS) is 17.8. The Morgan fingerprint density at radius 3 is 2.65 bits per heavy atom. The summed E-state index contributed by atoms with van der Waals surface area (Å²) in [6.45, 7) is 3.55. The van der Waals surface area contributed by atoms with Gasteiger partial charge >= 0.3 is 0 Å². The molecule has 1 aliphatic rings. The summed E-state index contributed by atoms with van der Waals surface area (Å²) in [7, 11) is 4.00. The lowest BCUT2D eigenvalue weighted by Crippen LogP contribution is -2.39. The van der Waals surface area contributed by atoms with Gasteiger partial charge in [0.15, 0.2) is 0 Å². The lowest BCUT2D eigenvalue weighted by Gasteiger charge is -2.26. The highest BCUT2D eigenvalue weighted by Gasteiger charge is 2.33. The zero-order chi connectivity index (χ0) is 12.6. The lowest BCUT2D eigenvalue weighted by molar-refractivity contribution is 0.215. The zero-order valence-electron chi connectivity index (χ0n) is 10.8. The maximum atomic E-state index is 6.24. The Kier molecular flexibility index (Phi) is 3.76. The van der Waals surface area contributed by atoms with Crippen molar-refractivity contribution in [2.75, 3.05) is 13.6 Å². The molecule has 0 aromatic carbocycles. The molecular weight excluding hydrogens is 236 g/mol. The van der Waals surface area contributed by atoms with Gasteiger partial charge < -0.3 is 5.73 Å². The van der Waals surface area contributed by atoms with Crippen LogP contribution in [0, 0.1) is 12.8 Å². The van der Waals surface area contributed by atoms with Gasteiger partial charge in [0.05, 0.1) is 5.69 Å². The summed E-state index contributed by atoms with van der Waals surface area (Å²) in [5, 5.41) is 5.07. The van der Waals surface area contributed by atoms with E-state index in [1.165, 1.54) is 12.8 Å². The van der Waals surface area contributed by atoms with Gasteiger partial charge in [-0.05, 0) is 32.7 Å². The molecule has 0 spiro atoms. The molecule has 1 heterocycles. The fourth-order valence-corrected chi connectivity index (χ4v) is 2.67. The maximum absolute atomic E-state index is 6.24. The quantitative estimate of drug-likeness (QED) is 0.870. The minimum absolute atomic E-state index is 0.477. The summed E-state index contributed by atoms with van der Waals surface area (Å²) in [6.07, 6.45) is 2.62. The van der Waals surface area contributed by atoms with Gasteiger partial charge in [-0.3, -0.25) is 9.58 Å². The summed E-state index contributed by atoms with van der Waals surface area (Å²) >= 11 is 6.24. The molecule has 1 aliphatic carbocycles. The van der Waals surface area contributed by atoms with Crippen LogP contribution in [-0.4, -0.2) is 34.3 Å². The lowest BCUT2D eigenvalue weighted by atomic mass is 10.1. The van der Waals surface area contributed by atoms with Crippen molar-refractivity contribution < 1.29 is 0 Å². The summed E-state index contributed by atoms with van der Waals surface area (Å²) in [5.74, 6) is 0.778. The van der Waals surface area contributed by atoms with Crippen LogP contribution in [0.15, 0.2) is 0 Å². The molecule has 1 unspecified atom stereocenters. The molecule has 4 nitrogen and oxygen atoms in total. The SMILES string of the molecule is Cc1nn(C)c(Cl)c1CN(C)C(CN)C1CC1. The first-order valence-electron chi connectivity index (χ1n) is 6.12. The maximum Gasteiger partial charge on any atom is 0.131 e. The molecule has 0 radical (unpaired) electrons. The van der Waals surface area contributed by atoms with E-state index in [0.29, 0.717) is 6.04 Å². The molecule has 0 bridgehead atoms. The third-order valence-corrected chi connectivity index (χ3v) is 4.12. The number of hydrogen-bond acceptors (Lipinski definition) is 3. The standard InChI is InChI=1S/C12H21ClN4/c1-8-10(12(13)17(3)15-8)7-16(2)11(6-14)9-4-5-9/h9,11H,4-7,14H2,1-3H3. The Bertz CT molecular complexity index is 397. The Morgan fingerprint density at radius 1 is 1.59 bits per heavy atom. The third kappa shape index (κ3) is 2.64. The van der Waals surface area contributed by atoms with Gasteiger partial charge in [0.2, 0.25) is 0 Å². The first-order valence-corrected chi connectivity index (χ1v) is 6.50. The van der Waals surface area contributed by atoms with E-state index in [2.05, 4.69) is 17.0 Å². The summed E-state index contributed by atoms with van der Waals surface area (Å²) in [4.78, 5) is 2.31. The van der Waals surface area contributed by atoms with E-state index in [4.69, 9.17) is 17.3 Å². The van der Waals surface area contributed by atoms with Crippen LogP contribution in [0.2, 0.25) is 5.15 Å². The van der Waals surface area contributed by atoms with Crippen LogP contribution in [0.4, 0.5) is 0 Å². The molecular formula is C12H21ClN4. The van der Waals surface area contributed by atoms with Gasteiger partial charge in [-0.25, -0.2) is 0 Å². The zero-order valence-corrected chi connectivity index (χ0v) is 11.5. The van der Waals surface area contributed by atoms with E-state index in [-0.39, 0.29) is 0 Å². The van der Waals surface area contributed by atoms with Crippen LogP contribution in [0.25, 0.3) is 0 Å². The second-order valence-corrected chi connectivity index (χ2v) is 5.39. The van der Waals surface area contributed by atoms with Crippen LogP contribution >= 0.6 is 11.6 Å². The number of rotatable bonds is 5. The van der Waals surface area contributed by atoms with Gasteiger partial charge in [0.1, 0.15) is 5.15 Å². The summed E-state index contributed by atoms with van der Waals surface area (Å²) < 4.78 is 1.73. The van der Waals surface area contributed by atoms with Gasteiger partial charge in [-0.1, -0.05) is 11.6 Å². The molecule has 96 valence electrons. The number of likely N-dealkylation sites (N-methyl/N-ethyl adjacent to an activating group) is 1. The molecule has 0 aliphatic heterocycles. The van der Waals surface area contributed by atoms with Gasteiger partial charge in [-0.15, -0.1) is 0 Å². The molecule has 17 heavy (non-hydrogen) atoms. The predicted molar refractivity (Wildman–Crippen MR) is 70.0 cm³/mol. The molecule has 2 rings (SSSR count). The van der Waals surface area contributed by atoms with Crippen molar-refractivity contribution in [1.82, 2.24) is 14.7 Å². The summed E-state index contributed by atoms with van der Waals surface area (Å²) in [5.41, 5.74) is 7.99. The molecule has 1 atom stereocenters. The van der Waals surface area contributed by atoms with E-state index in [1.54, 1.807) is 4.68 Å². The Hall–Kier alpha value is -0.580. The number of halogens is 1. The first kappa shape index (κ1) is 12.9. The topological polar surface area (TPSA) is 47.1 Å². The fraction of sp³-hybridized carbons (Fsp3) is 0.750. The Labute approximate surface area is 108 Å². The number of aryl methyl sites for hydroxylation is 2. The smallest absolute Gasteiger partial charge is 0.131 e. The molecule has 1 saturated carbocycles. The number of nitrogens with two attached hydrogens (primary N) is 1. The average molecular weight is 257 g/mol. The molecule has 5 heteroatoms. The highest BCUT2D eigenvalue weighted by atomic mass is 35.5. The van der Waals surface area contributed by atoms with Crippen molar-refractivity contribution in [3.8, 4) is 0 Å². The summed E-state index contributed by atoms with van der Waals surface area (Å²) in [6, 6.07) is 0.477. The number of nitrogens with zero attached hydrogens (tertiary/aromatic N) is 3. The average Bonchev–Trinajstić information content (AvgIpc) is 3.06. The van der Waals surface area contributed by atoms with E-state index < -0.39 is 0 Å². The van der Waals surface area contributed by atoms with Crippen molar-refractivity contribution >= 4 is 11.6 Å². The van der Waals surface area contributed by atoms with Gasteiger partial charge in [-0.2, -0.15) is 5.10 Å². The van der Waals surface area contributed by atoms with E-state index in [9.17, 15) is 0 Å². The second-order valence-electron chi connectivity index (χ2n) is 5.03. The van der Waals surface area contributed by atoms with E-state index in [1.807, 2.05) is 14.0 Å². The Morgan fingerprint density at radius 2 is 2.24 bits per heavy atom. The molecule has 1 aromatic heterocycles. The molecule has 1 aromatic rings. The number of hydrogen-bond donors (Lipinski definition) is 1. The van der Waals surface area contributed by atoms with Crippen LogP contribution < -0.4 is 5.73 Å². The van der Waals surface area contributed by atoms with Crippen molar-refractivity contribution in [2.24, 2.45) is 18.7 Å². The monoisotopic (exact) mass is 256 g/mol. The second kappa shape index (κ2) is 4.96. The van der Waals surface area contributed by atoms with Crippen LogP contribution in [0.3, 0.4) is 0 Å². The van der Waals surface area contributed by atoms with Crippen LogP contribution in [0.1, 0.15) is 24.1 Å². The largest absolute Gasteiger partial charge is 0.329 e. The first-order chi connectivity index (χ1) is 8.04. The van der Waals surface area contributed by atoms with Crippen molar-refractivity contribution in [3.63, 3.8) is 0 Å². The van der Waals surface area contributed by atoms with E-state index in [0.717, 1.165) is 35.4 Å². The third-order valence-electron chi connectivity index (χ3n) is 3.65. The highest BCUT2D eigenvalue weighted by Crippen LogP contribution is 2.35. The van der Waals surface area contributed by atoms with Crippen molar-refractivity contribution in [1.29, 1.82) is 0 Å². The fourth-order valence-electron chi connectivity index (χ4n) is 2.43. The predicted octanol–water partition coefficient (Wildman–Crippen LogP) is 1.55. The molecule has 0 amide bonds. The van der Waals surface area contributed by atoms with Crippen LogP contribution in [-0.2, 0) is 13.6 Å². The molecule has 0 saturated heterocycles. The van der Waals surface area contributed by atoms with Gasteiger partial charge in [0.25, 0.3) is 0 Å². The van der Waals surface area contributed by atoms with Crippen molar-refractivity contribution in [3.05, 3.63) is 16.4 Å². The van der Waals surface area contributed by atoms with Crippen molar-refractivity contribution in [2.45, 2.75) is 32.4 Å². The van der Waals surface area contributed by atoms with Crippen LogP contribution in [0.5, 0.6) is 0 Å². The van der Waals surface area contributed by atoms with E-state index >= 15 is 0 Å². The van der Waals surface area contributed by atoms with Gasteiger partial charge in [0, 0.05) is 31.7 Å². The molecule has 1 fully saturated rings. The molecule has 2 N–H and O–H groups in total. The Balaban J connectivity index is 2.08. The minimum Gasteiger partial charge on any atom is -0.329 e.